The van der Waals surface area contributed by atoms with Gasteiger partial charge in [0, 0.05) is 20.3 Å². The van der Waals surface area contributed by atoms with Crippen molar-refractivity contribution in [3.8, 4) is 0 Å². The molecule has 2 N–H and O–H groups in total. The Kier molecular flexibility index (Phi) is 4.80. The molecule has 1 aliphatic rings. The summed E-state index contributed by atoms with van der Waals surface area (Å²) >= 11 is 5.65. The maximum absolute atomic E-state index is 5.77. The zero-order valence-corrected chi connectivity index (χ0v) is 12.7. The van der Waals surface area contributed by atoms with Crippen molar-refractivity contribution < 1.29 is 0 Å². The molecule has 1 saturated carbocycles. The second-order valence-corrected chi connectivity index (χ2v) is 6.93. The van der Waals surface area contributed by atoms with Gasteiger partial charge in [-0.2, -0.15) is 0 Å². The molecule has 0 aliphatic heterocycles. The summed E-state index contributed by atoms with van der Waals surface area (Å²) in [7, 11) is 0. The van der Waals surface area contributed by atoms with Crippen LogP contribution in [0.15, 0.2) is 27.6 Å². The highest BCUT2D eigenvalue weighted by Crippen LogP contribution is 2.41. The van der Waals surface area contributed by atoms with Gasteiger partial charge < -0.3 is 5.73 Å². The van der Waals surface area contributed by atoms with Gasteiger partial charge in [0.15, 0.2) is 0 Å². The molecule has 0 heterocycles. The van der Waals surface area contributed by atoms with Gasteiger partial charge in [-0.1, -0.05) is 26.2 Å². The van der Waals surface area contributed by atoms with Crippen LogP contribution < -0.4 is 5.73 Å². The van der Waals surface area contributed by atoms with Crippen molar-refractivity contribution in [3.63, 3.8) is 0 Å². The highest BCUT2D eigenvalue weighted by molar-refractivity contribution is 9.10. The predicted octanol–water partition coefficient (Wildman–Crippen LogP) is 5.09. The van der Waals surface area contributed by atoms with Crippen LogP contribution in [0.25, 0.3) is 0 Å². The van der Waals surface area contributed by atoms with E-state index >= 15 is 0 Å². The third-order valence-electron chi connectivity index (χ3n) is 3.60. The topological polar surface area (TPSA) is 26.0 Å². The molecule has 0 radical (unpaired) electrons. The Morgan fingerprint density at radius 1 is 1.35 bits per heavy atom. The van der Waals surface area contributed by atoms with Crippen molar-refractivity contribution in [2.75, 3.05) is 5.73 Å². The summed E-state index contributed by atoms with van der Waals surface area (Å²) in [5, 5.41) is 0.786. The third kappa shape index (κ3) is 3.41. The van der Waals surface area contributed by atoms with E-state index < -0.39 is 0 Å². The normalized spacial score (nSPS) is 24.8. The lowest BCUT2D eigenvalue weighted by Gasteiger charge is -2.30. The first kappa shape index (κ1) is 13.3. The van der Waals surface area contributed by atoms with Gasteiger partial charge in [-0.05, 0) is 52.9 Å². The molecule has 2 atom stereocenters. The number of hydrogen-bond acceptors (Lipinski definition) is 2. The average molecular weight is 314 g/mol. The number of halogens is 1. The van der Waals surface area contributed by atoms with E-state index in [2.05, 4.69) is 28.9 Å². The van der Waals surface area contributed by atoms with Gasteiger partial charge in [-0.3, -0.25) is 0 Å². The van der Waals surface area contributed by atoms with E-state index in [0.717, 1.165) is 21.3 Å². The highest BCUT2D eigenvalue weighted by Gasteiger charge is 2.24. The van der Waals surface area contributed by atoms with Crippen molar-refractivity contribution in [1.29, 1.82) is 0 Å². The number of thioether (sulfide) groups is 1. The van der Waals surface area contributed by atoms with E-state index in [-0.39, 0.29) is 0 Å². The summed E-state index contributed by atoms with van der Waals surface area (Å²) in [5.74, 6) is 0.887. The second kappa shape index (κ2) is 6.14. The van der Waals surface area contributed by atoms with Gasteiger partial charge in [0.1, 0.15) is 0 Å². The molecule has 0 saturated heterocycles. The zero-order valence-electron chi connectivity index (χ0n) is 10.3. The highest BCUT2D eigenvalue weighted by atomic mass is 79.9. The Labute approximate surface area is 117 Å². The van der Waals surface area contributed by atoms with E-state index in [1.54, 1.807) is 0 Å². The second-order valence-electron chi connectivity index (χ2n) is 4.80. The molecule has 0 spiro atoms. The largest absolute Gasteiger partial charge is 0.399 e. The SMILES string of the molecule is CCC1CCCCC1Sc1ccc(N)cc1Br. The fourth-order valence-electron chi connectivity index (χ4n) is 2.57. The molecule has 0 amide bonds. The molecule has 2 unspecified atom stereocenters. The first-order valence-corrected chi connectivity index (χ1v) is 8.09. The van der Waals surface area contributed by atoms with Crippen LogP contribution in [0.2, 0.25) is 0 Å². The van der Waals surface area contributed by atoms with Crippen LogP contribution in [-0.2, 0) is 0 Å². The number of nitrogen functional groups attached to an aromatic ring is 1. The van der Waals surface area contributed by atoms with E-state index in [0.29, 0.717) is 0 Å². The Balaban J connectivity index is 2.08. The number of rotatable bonds is 3. The van der Waals surface area contributed by atoms with Crippen molar-refractivity contribution in [3.05, 3.63) is 22.7 Å². The summed E-state index contributed by atoms with van der Waals surface area (Å²) in [6.07, 6.45) is 6.88. The fourth-order valence-corrected chi connectivity index (χ4v) is 4.70. The minimum Gasteiger partial charge on any atom is -0.399 e. The average Bonchev–Trinajstić information content (AvgIpc) is 2.33. The van der Waals surface area contributed by atoms with Crippen molar-refractivity contribution >= 4 is 33.4 Å². The smallest absolute Gasteiger partial charge is 0.0331 e. The van der Waals surface area contributed by atoms with Crippen LogP contribution in [0.4, 0.5) is 5.69 Å². The Morgan fingerprint density at radius 3 is 2.82 bits per heavy atom. The van der Waals surface area contributed by atoms with Gasteiger partial charge in [0.25, 0.3) is 0 Å². The number of hydrogen-bond donors (Lipinski definition) is 1. The molecule has 3 heteroatoms. The van der Waals surface area contributed by atoms with E-state index in [1.807, 2.05) is 23.9 Å². The molecule has 1 aromatic carbocycles. The van der Waals surface area contributed by atoms with Gasteiger partial charge >= 0.3 is 0 Å². The quantitative estimate of drug-likeness (QED) is 0.786. The van der Waals surface area contributed by atoms with Crippen LogP contribution in [0.1, 0.15) is 39.0 Å². The summed E-state index contributed by atoms with van der Waals surface area (Å²) in [6, 6.07) is 6.15. The molecule has 1 fully saturated rings. The molecule has 1 nitrogen and oxygen atoms in total. The summed E-state index contributed by atoms with van der Waals surface area (Å²) < 4.78 is 1.14. The van der Waals surface area contributed by atoms with E-state index in [1.165, 1.54) is 37.0 Å². The minimum atomic E-state index is 0.786. The monoisotopic (exact) mass is 313 g/mol. The molecule has 1 aliphatic carbocycles. The zero-order chi connectivity index (χ0) is 12.3. The summed E-state index contributed by atoms with van der Waals surface area (Å²) in [5.41, 5.74) is 6.61. The molecular weight excluding hydrogens is 294 g/mol. The first-order valence-electron chi connectivity index (χ1n) is 6.42. The number of benzene rings is 1. The minimum absolute atomic E-state index is 0.786. The predicted molar refractivity (Wildman–Crippen MR) is 80.4 cm³/mol. The van der Waals surface area contributed by atoms with E-state index in [9.17, 15) is 0 Å². The first-order chi connectivity index (χ1) is 8.20. The maximum atomic E-state index is 5.77. The van der Waals surface area contributed by atoms with Crippen molar-refractivity contribution in [2.45, 2.75) is 49.2 Å². The Hall–Kier alpha value is -0.150. The van der Waals surface area contributed by atoms with Crippen molar-refractivity contribution in [2.24, 2.45) is 5.92 Å². The van der Waals surface area contributed by atoms with Gasteiger partial charge in [-0.25, -0.2) is 0 Å². The third-order valence-corrected chi connectivity index (χ3v) is 6.05. The summed E-state index contributed by atoms with van der Waals surface area (Å²) in [6.45, 7) is 2.32. The summed E-state index contributed by atoms with van der Waals surface area (Å²) in [4.78, 5) is 1.34. The van der Waals surface area contributed by atoms with Gasteiger partial charge in [-0.15, -0.1) is 11.8 Å². The molecule has 17 heavy (non-hydrogen) atoms. The van der Waals surface area contributed by atoms with Gasteiger partial charge in [0.05, 0.1) is 0 Å². The standard InChI is InChI=1S/C14H20BrNS/c1-2-10-5-3-4-6-13(10)17-14-8-7-11(16)9-12(14)15/h7-10,13H,2-6,16H2,1H3. The van der Waals surface area contributed by atoms with E-state index in [4.69, 9.17) is 5.73 Å². The molecular formula is C14H20BrNS. The van der Waals surface area contributed by atoms with Crippen LogP contribution >= 0.6 is 27.7 Å². The Bertz CT molecular complexity index is 380. The maximum Gasteiger partial charge on any atom is 0.0331 e. The number of nitrogens with two attached hydrogens (primary N) is 1. The lowest BCUT2D eigenvalue weighted by Crippen LogP contribution is -2.21. The van der Waals surface area contributed by atoms with Crippen LogP contribution in [-0.4, -0.2) is 5.25 Å². The van der Waals surface area contributed by atoms with Crippen LogP contribution in [0, 0.1) is 5.92 Å². The Morgan fingerprint density at radius 2 is 2.12 bits per heavy atom. The molecule has 0 bridgehead atoms. The van der Waals surface area contributed by atoms with Crippen molar-refractivity contribution in [1.82, 2.24) is 0 Å². The van der Waals surface area contributed by atoms with Crippen LogP contribution in [0.3, 0.4) is 0 Å². The lowest BCUT2D eigenvalue weighted by molar-refractivity contribution is 0.361. The molecule has 2 rings (SSSR count). The molecule has 0 aromatic heterocycles. The molecule has 94 valence electrons. The van der Waals surface area contributed by atoms with Crippen LogP contribution in [0.5, 0.6) is 0 Å². The fraction of sp³-hybridized carbons (Fsp3) is 0.571. The van der Waals surface area contributed by atoms with Gasteiger partial charge in [0.2, 0.25) is 0 Å². The molecule has 1 aromatic rings. The lowest BCUT2D eigenvalue weighted by atomic mass is 9.87. The number of anilines is 1.